The number of fused-ring (bicyclic) bond motifs is 2. The molecule has 0 aliphatic heterocycles. The molecule has 1 saturated carbocycles. The van der Waals surface area contributed by atoms with Gasteiger partial charge in [0.05, 0.1) is 35.1 Å². The van der Waals surface area contributed by atoms with E-state index >= 15 is 0 Å². The molecule has 1 N–H and O–H groups in total. The molecule has 10 nitrogen and oxygen atoms in total. The highest BCUT2D eigenvalue weighted by Crippen LogP contribution is 2.29. The molecule has 1 aliphatic carbocycles. The van der Waals surface area contributed by atoms with Crippen LogP contribution in [0.4, 0.5) is 0 Å². The summed E-state index contributed by atoms with van der Waals surface area (Å²) in [5.74, 6) is 1.65. The minimum Gasteiger partial charge on any atom is -0.496 e. The Balaban J connectivity index is 1.18. The fourth-order valence-corrected chi connectivity index (χ4v) is 5.27. The molecule has 1 aromatic carbocycles. The van der Waals surface area contributed by atoms with Crippen molar-refractivity contribution in [2.45, 2.75) is 38.3 Å². The molecule has 0 spiro atoms. The second kappa shape index (κ2) is 9.38. The Morgan fingerprint density at radius 1 is 1.17 bits per heavy atom. The average Bonchev–Trinajstić information content (AvgIpc) is 3.61. The number of amides is 1. The van der Waals surface area contributed by atoms with E-state index in [0.717, 1.165) is 53.3 Å². The van der Waals surface area contributed by atoms with E-state index in [0.29, 0.717) is 23.0 Å². The third-order valence-electron chi connectivity index (χ3n) is 6.79. The van der Waals surface area contributed by atoms with E-state index in [1.54, 1.807) is 34.8 Å². The number of imidazole rings is 1. The van der Waals surface area contributed by atoms with E-state index in [2.05, 4.69) is 41.5 Å². The van der Waals surface area contributed by atoms with Crippen molar-refractivity contribution in [2.75, 3.05) is 7.11 Å². The first kappa shape index (κ1) is 22.7. The Bertz CT molecular complexity index is 1550. The number of hydrogen-bond acceptors (Lipinski definition) is 6. The van der Waals surface area contributed by atoms with Gasteiger partial charge in [0, 0.05) is 42.6 Å². The number of carbonyl (C=O) groups excluding carboxylic acids is 1. The van der Waals surface area contributed by atoms with Crippen molar-refractivity contribution in [1.29, 1.82) is 0 Å². The van der Waals surface area contributed by atoms with E-state index in [4.69, 9.17) is 4.74 Å². The third kappa shape index (κ3) is 4.34. The lowest BCUT2D eigenvalue weighted by Gasteiger charge is -2.29. The number of aromatic nitrogens is 7. The normalized spacial score (nSPS) is 18.1. The largest absolute Gasteiger partial charge is 0.496 e. The standard InChI is InChI=1S/C25H25BrN8O2/c1-36-22-10-21-17(14-33(31-21)24-12-27-23-3-2-8-28-34(23)24)9-20(22)25(35)30-19-6-4-16(5-7-19)13-32-15-18(26)11-29-32/h2-3,8-12,14-16,19H,4-7,13H2,1H3,(H,30,35). The summed E-state index contributed by atoms with van der Waals surface area (Å²) < 4.78 is 12.0. The summed E-state index contributed by atoms with van der Waals surface area (Å²) in [6, 6.07) is 7.51. The topological polar surface area (TPSA) is 104 Å². The zero-order chi connectivity index (χ0) is 24.6. The number of nitrogens with one attached hydrogen (secondary N) is 1. The Morgan fingerprint density at radius 2 is 2.03 bits per heavy atom. The highest BCUT2D eigenvalue weighted by molar-refractivity contribution is 9.10. The van der Waals surface area contributed by atoms with E-state index in [1.807, 2.05) is 41.5 Å². The van der Waals surface area contributed by atoms with Crippen LogP contribution in [0, 0.1) is 5.92 Å². The molecular formula is C25H25BrN8O2. The Labute approximate surface area is 215 Å². The van der Waals surface area contributed by atoms with Crippen molar-refractivity contribution in [3.05, 3.63) is 65.3 Å². The van der Waals surface area contributed by atoms with Crippen molar-refractivity contribution >= 4 is 38.4 Å². The maximum Gasteiger partial charge on any atom is 0.255 e. The van der Waals surface area contributed by atoms with E-state index < -0.39 is 0 Å². The summed E-state index contributed by atoms with van der Waals surface area (Å²) >= 11 is 3.45. The van der Waals surface area contributed by atoms with Gasteiger partial charge in [-0.25, -0.2) is 9.67 Å². The molecule has 4 heterocycles. The quantitative estimate of drug-likeness (QED) is 0.343. The number of ether oxygens (including phenoxy) is 1. The number of benzene rings is 1. The van der Waals surface area contributed by atoms with Crippen LogP contribution in [-0.4, -0.2) is 53.2 Å². The highest BCUT2D eigenvalue weighted by atomic mass is 79.9. The zero-order valence-corrected chi connectivity index (χ0v) is 21.3. The Kier molecular flexibility index (Phi) is 5.92. The van der Waals surface area contributed by atoms with Gasteiger partial charge in [0.2, 0.25) is 0 Å². The maximum atomic E-state index is 13.3. The number of methoxy groups -OCH3 is 1. The second-order valence-electron chi connectivity index (χ2n) is 9.17. The summed E-state index contributed by atoms with van der Waals surface area (Å²) in [5, 5.41) is 17.4. The Hall–Kier alpha value is -3.73. The lowest BCUT2D eigenvalue weighted by Crippen LogP contribution is -2.38. The minimum absolute atomic E-state index is 0.127. The monoisotopic (exact) mass is 548 g/mol. The first-order valence-electron chi connectivity index (χ1n) is 11.9. The average molecular weight is 549 g/mol. The molecule has 5 aromatic rings. The van der Waals surface area contributed by atoms with Crippen LogP contribution in [0.2, 0.25) is 0 Å². The first-order chi connectivity index (χ1) is 17.6. The van der Waals surface area contributed by atoms with Crippen LogP contribution in [0.25, 0.3) is 22.4 Å². The molecule has 6 rings (SSSR count). The van der Waals surface area contributed by atoms with Crippen molar-refractivity contribution in [2.24, 2.45) is 5.92 Å². The van der Waals surface area contributed by atoms with Crippen molar-refractivity contribution < 1.29 is 9.53 Å². The van der Waals surface area contributed by atoms with Crippen LogP contribution in [0.5, 0.6) is 5.75 Å². The smallest absolute Gasteiger partial charge is 0.255 e. The van der Waals surface area contributed by atoms with Gasteiger partial charge in [-0.2, -0.15) is 19.8 Å². The molecular weight excluding hydrogens is 524 g/mol. The number of halogens is 1. The van der Waals surface area contributed by atoms with E-state index in [-0.39, 0.29) is 11.9 Å². The number of nitrogens with zero attached hydrogens (tertiary/aromatic N) is 7. The van der Waals surface area contributed by atoms with Gasteiger partial charge in [0.1, 0.15) is 5.75 Å². The molecule has 0 atom stereocenters. The van der Waals surface area contributed by atoms with Crippen molar-refractivity contribution in [3.8, 4) is 11.6 Å². The summed E-state index contributed by atoms with van der Waals surface area (Å²) in [4.78, 5) is 17.6. The van der Waals surface area contributed by atoms with Crippen LogP contribution in [0.1, 0.15) is 36.0 Å². The molecule has 0 radical (unpaired) electrons. The van der Waals surface area contributed by atoms with Gasteiger partial charge < -0.3 is 10.1 Å². The van der Waals surface area contributed by atoms with Crippen molar-refractivity contribution in [3.63, 3.8) is 0 Å². The fourth-order valence-electron chi connectivity index (χ4n) is 4.94. The molecule has 4 aromatic heterocycles. The minimum atomic E-state index is -0.127. The maximum absolute atomic E-state index is 13.3. The fraction of sp³-hybridized carbons (Fsp3) is 0.320. The van der Waals surface area contributed by atoms with Gasteiger partial charge in [-0.3, -0.25) is 9.48 Å². The molecule has 0 saturated heterocycles. The van der Waals surface area contributed by atoms with Gasteiger partial charge in [-0.1, -0.05) is 0 Å². The molecule has 36 heavy (non-hydrogen) atoms. The lowest BCUT2D eigenvalue weighted by atomic mass is 9.86. The molecule has 11 heteroatoms. The van der Waals surface area contributed by atoms with Crippen LogP contribution >= 0.6 is 15.9 Å². The van der Waals surface area contributed by atoms with E-state index in [9.17, 15) is 4.79 Å². The van der Waals surface area contributed by atoms with Crippen molar-refractivity contribution in [1.82, 2.24) is 39.5 Å². The van der Waals surface area contributed by atoms with Gasteiger partial charge in [0.25, 0.3) is 5.91 Å². The predicted octanol–water partition coefficient (Wildman–Crippen LogP) is 4.02. The van der Waals surface area contributed by atoms with Gasteiger partial charge in [-0.15, -0.1) is 0 Å². The number of carbonyl (C=O) groups is 1. The molecule has 1 fully saturated rings. The van der Waals surface area contributed by atoms with Gasteiger partial charge in [0.15, 0.2) is 11.5 Å². The molecule has 1 amide bonds. The zero-order valence-electron chi connectivity index (χ0n) is 19.7. The van der Waals surface area contributed by atoms with Gasteiger partial charge >= 0.3 is 0 Å². The lowest BCUT2D eigenvalue weighted by molar-refractivity contribution is 0.0917. The molecule has 0 unspecified atom stereocenters. The van der Waals surface area contributed by atoms with E-state index in [1.165, 1.54) is 0 Å². The van der Waals surface area contributed by atoms with Crippen LogP contribution in [0.3, 0.4) is 0 Å². The second-order valence-corrected chi connectivity index (χ2v) is 10.1. The SMILES string of the molecule is COc1cc2nn(-c3cnc4cccnn34)cc2cc1C(=O)NC1CCC(Cn2cc(Br)cn2)CC1. The first-order valence-corrected chi connectivity index (χ1v) is 12.7. The summed E-state index contributed by atoms with van der Waals surface area (Å²) in [6.07, 6.45) is 13.1. The molecule has 1 aliphatic rings. The summed E-state index contributed by atoms with van der Waals surface area (Å²) in [6.45, 7) is 0.905. The Morgan fingerprint density at radius 3 is 2.81 bits per heavy atom. The highest BCUT2D eigenvalue weighted by Gasteiger charge is 2.25. The third-order valence-corrected chi connectivity index (χ3v) is 7.20. The molecule has 184 valence electrons. The number of rotatable bonds is 6. The van der Waals surface area contributed by atoms with Crippen LogP contribution < -0.4 is 10.1 Å². The molecule has 0 bridgehead atoms. The summed E-state index contributed by atoms with van der Waals surface area (Å²) in [5.41, 5.74) is 1.96. The summed E-state index contributed by atoms with van der Waals surface area (Å²) in [7, 11) is 1.57. The van der Waals surface area contributed by atoms with Gasteiger partial charge in [-0.05, 0) is 65.7 Å². The predicted molar refractivity (Wildman–Crippen MR) is 137 cm³/mol. The van der Waals surface area contributed by atoms with Crippen LogP contribution in [0.15, 0.2) is 59.7 Å². The van der Waals surface area contributed by atoms with Crippen LogP contribution in [-0.2, 0) is 6.54 Å². The number of hydrogen-bond donors (Lipinski definition) is 1.